The lowest BCUT2D eigenvalue weighted by atomic mass is 9.80. The Bertz CT molecular complexity index is 878. The second-order valence-corrected chi connectivity index (χ2v) is 9.94. The van der Waals surface area contributed by atoms with E-state index in [9.17, 15) is 15.0 Å². The number of rotatable bonds is 9. The van der Waals surface area contributed by atoms with E-state index < -0.39 is 18.2 Å². The van der Waals surface area contributed by atoms with Gasteiger partial charge in [0, 0.05) is 16.2 Å². The maximum absolute atomic E-state index is 10.8. The third kappa shape index (κ3) is 6.28. The summed E-state index contributed by atoms with van der Waals surface area (Å²) in [6.07, 6.45) is 7.64. The lowest BCUT2D eigenvalue weighted by molar-refractivity contribution is -0.139. The first-order valence-electron chi connectivity index (χ1n) is 11.3. The molecule has 1 aliphatic carbocycles. The number of aliphatic carboxylic acids is 1. The number of thiophene rings is 1. The van der Waals surface area contributed by atoms with Gasteiger partial charge in [0.25, 0.3) is 0 Å². The number of carboxylic acids is 1. The Labute approximate surface area is 189 Å². The minimum atomic E-state index is -1.06. The number of carboxylic acid groups (broad SMARTS) is 1. The quantitative estimate of drug-likeness (QED) is 0.433. The van der Waals surface area contributed by atoms with Crippen molar-refractivity contribution in [1.82, 2.24) is 0 Å². The van der Waals surface area contributed by atoms with Crippen molar-refractivity contribution < 1.29 is 20.1 Å². The first kappa shape index (κ1) is 23.7. The number of hydrogen-bond donors (Lipinski definition) is 3. The summed E-state index contributed by atoms with van der Waals surface area (Å²) in [4.78, 5) is 13.4. The van der Waals surface area contributed by atoms with Crippen LogP contribution in [0.4, 0.5) is 0 Å². The molecule has 1 aliphatic rings. The van der Waals surface area contributed by atoms with E-state index in [1.165, 1.54) is 58.5 Å². The van der Waals surface area contributed by atoms with Gasteiger partial charge in [-0.15, -0.1) is 11.3 Å². The van der Waals surface area contributed by atoms with E-state index in [2.05, 4.69) is 38.1 Å². The lowest BCUT2D eigenvalue weighted by Crippen LogP contribution is -2.19. The van der Waals surface area contributed by atoms with E-state index in [1.807, 2.05) is 23.5 Å². The fourth-order valence-electron chi connectivity index (χ4n) is 4.53. The zero-order valence-electron chi connectivity index (χ0n) is 18.5. The van der Waals surface area contributed by atoms with Gasteiger partial charge >= 0.3 is 5.97 Å². The summed E-state index contributed by atoms with van der Waals surface area (Å²) in [6.45, 7) is 4.41. The van der Waals surface area contributed by atoms with Crippen LogP contribution in [0.5, 0.6) is 0 Å². The number of carbonyl (C=O) groups is 1. The molecule has 1 fully saturated rings. The normalized spacial score (nSPS) is 17.3. The van der Waals surface area contributed by atoms with Crippen molar-refractivity contribution in [3.8, 4) is 10.4 Å². The van der Waals surface area contributed by atoms with Crippen molar-refractivity contribution in [3.63, 3.8) is 0 Å². The average molecular weight is 443 g/mol. The summed E-state index contributed by atoms with van der Waals surface area (Å²) in [7, 11) is 0. The Balaban J connectivity index is 1.98. The van der Waals surface area contributed by atoms with Crippen LogP contribution in [-0.4, -0.2) is 33.5 Å². The molecule has 1 aromatic heterocycles. The molecule has 4 nitrogen and oxygen atoms in total. The summed E-state index contributed by atoms with van der Waals surface area (Å²) < 4.78 is 0. The molecule has 3 N–H and O–H groups in total. The van der Waals surface area contributed by atoms with Gasteiger partial charge in [0.2, 0.25) is 0 Å². The smallest absolute Gasteiger partial charge is 0.305 e. The highest BCUT2D eigenvalue weighted by molar-refractivity contribution is 7.16. The second kappa shape index (κ2) is 11.1. The summed E-state index contributed by atoms with van der Waals surface area (Å²) >= 11 is 1.85. The minimum Gasteiger partial charge on any atom is -0.481 e. The fourth-order valence-corrected chi connectivity index (χ4v) is 5.91. The van der Waals surface area contributed by atoms with Crippen molar-refractivity contribution in [2.75, 3.05) is 0 Å². The Morgan fingerprint density at radius 1 is 1.13 bits per heavy atom. The molecule has 0 spiro atoms. The van der Waals surface area contributed by atoms with Crippen LogP contribution in [0, 0.1) is 0 Å². The zero-order valence-corrected chi connectivity index (χ0v) is 19.3. The first-order chi connectivity index (χ1) is 14.9. The number of aliphatic hydroxyl groups is 2. The van der Waals surface area contributed by atoms with Gasteiger partial charge < -0.3 is 15.3 Å². The highest BCUT2D eigenvalue weighted by Gasteiger charge is 2.27. The van der Waals surface area contributed by atoms with Crippen molar-refractivity contribution in [1.29, 1.82) is 0 Å². The maximum Gasteiger partial charge on any atom is 0.305 e. The van der Waals surface area contributed by atoms with Crippen LogP contribution in [0.15, 0.2) is 36.4 Å². The summed E-state index contributed by atoms with van der Waals surface area (Å²) in [5.74, 6) is -0.183. The fraction of sp³-hybridized carbons (Fsp3) is 0.500. The molecule has 1 saturated carbocycles. The van der Waals surface area contributed by atoms with Gasteiger partial charge in [0.05, 0.1) is 18.6 Å². The molecule has 0 bridgehead atoms. The standard InChI is InChI=1S/C26H34O4S/c1-17(2)25-22(14-13-20(27)15-21(28)16-23(29)30)24(18-9-5-3-6-10-18)26(31-25)19-11-7-4-8-12-19/h4,7-8,11-14,17-18,20-21,27-28H,3,5-6,9-10,15-16H2,1-2H3,(H,29,30)/b14-13+/t20-,21-/m1/s1. The molecular weight excluding hydrogens is 408 g/mol. The van der Waals surface area contributed by atoms with E-state index in [-0.39, 0.29) is 12.8 Å². The molecule has 0 unspecified atom stereocenters. The van der Waals surface area contributed by atoms with E-state index in [1.54, 1.807) is 6.08 Å². The highest BCUT2D eigenvalue weighted by atomic mass is 32.1. The first-order valence-corrected chi connectivity index (χ1v) is 12.2. The molecule has 3 rings (SSSR count). The molecular formula is C26H34O4S. The van der Waals surface area contributed by atoms with Gasteiger partial charge in [0.1, 0.15) is 0 Å². The summed E-state index contributed by atoms with van der Waals surface area (Å²) in [5, 5.41) is 29.1. The molecule has 31 heavy (non-hydrogen) atoms. The van der Waals surface area contributed by atoms with Crippen molar-refractivity contribution in [2.24, 2.45) is 0 Å². The zero-order chi connectivity index (χ0) is 22.4. The van der Waals surface area contributed by atoms with Crippen LogP contribution in [0.3, 0.4) is 0 Å². The van der Waals surface area contributed by atoms with Gasteiger partial charge in [-0.3, -0.25) is 4.79 Å². The molecule has 0 amide bonds. The Hall–Kier alpha value is -1.95. The Morgan fingerprint density at radius 3 is 2.42 bits per heavy atom. The van der Waals surface area contributed by atoms with Crippen LogP contribution in [0.25, 0.3) is 16.5 Å². The van der Waals surface area contributed by atoms with E-state index in [0.717, 1.165) is 0 Å². The largest absolute Gasteiger partial charge is 0.481 e. The topological polar surface area (TPSA) is 77.8 Å². The number of hydrogen-bond acceptors (Lipinski definition) is 4. The van der Waals surface area contributed by atoms with Gasteiger partial charge in [-0.25, -0.2) is 0 Å². The van der Waals surface area contributed by atoms with Crippen LogP contribution in [0.1, 0.15) is 86.6 Å². The molecule has 0 radical (unpaired) electrons. The molecule has 5 heteroatoms. The van der Waals surface area contributed by atoms with Crippen LogP contribution < -0.4 is 0 Å². The van der Waals surface area contributed by atoms with Gasteiger partial charge in [-0.2, -0.15) is 0 Å². The lowest BCUT2D eigenvalue weighted by Gasteiger charge is -2.24. The molecule has 2 aromatic rings. The molecule has 0 aliphatic heterocycles. The minimum absolute atomic E-state index is 0.0221. The summed E-state index contributed by atoms with van der Waals surface area (Å²) in [6, 6.07) is 10.6. The summed E-state index contributed by atoms with van der Waals surface area (Å²) in [5.41, 5.74) is 3.85. The van der Waals surface area contributed by atoms with Gasteiger partial charge in [-0.1, -0.05) is 75.6 Å². The van der Waals surface area contributed by atoms with E-state index in [0.29, 0.717) is 11.8 Å². The predicted molar refractivity (Wildman–Crippen MR) is 128 cm³/mol. The molecule has 0 saturated heterocycles. The Morgan fingerprint density at radius 2 is 1.81 bits per heavy atom. The van der Waals surface area contributed by atoms with Gasteiger partial charge in [0.15, 0.2) is 0 Å². The van der Waals surface area contributed by atoms with Crippen LogP contribution in [-0.2, 0) is 4.79 Å². The van der Waals surface area contributed by atoms with E-state index >= 15 is 0 Å². The van der Waals surface area contributed by atoms with Crippen LogP contribution in [0.2, 0.25) is 0 Å². The SMILES string of the molecule is CC(C)c1sc(-c2ccccc2)c(C2CCCCC2)c1/C=C/[C@@H](O)C[C@@H](O)CC(=O)O. The number of benzene rings is 1. The number of aliphatic hydroxyl groups excluding tert-OH is 2. The molecule has 1 aromatic carbocycles. The van der Waals surface area contributed by atoms with Crippen LogP contribution >= 0.6 is 11.3 Å². The second-order valence-electron chi connectivity index (χ2n) is 8.89. The third-order valence-electron chi connectivity index (χ3n) is 5.99. The van der Waals surface area contributed by atoms with Crippen molar-refractivity contribution in [3.05, 3.63) is 52.4 Å². The average Bonchev–Trinajstić information content (AvgIpc) is 3.12. The van der Waals surface area contributed by atoms with E-state index in [4.69, 9.17) is 5.11 Å². The van der Waals surface area contributed by atoms with Crippen molar-refractivity contribution >= 4 is 23.4 Å². The van der Waals surface area contributed by atoms with Crippen molar-refractivity contribution in [2.45, 2.75) is 82.8 Å². The Kier molecular flexibility index (Phi) is 8.47. The molecule has 2 atom stereocenters. The van der Waals surface area contributed by atoms with Gasteiger partial charge in [-0.05, 0) is 41.4 Å². The predicted octanol–water partition coefficient (Wildman–Crippen LogP) is 6.19. The monoisotopic (exact) mass is 442 g/mol. The third-order valence-corrected chi connectivity index (χ3v) is 7.57. The maximum atomic E-state index is 10.8. The molecule has 168 valence electrons. The molecule has 1 heterocycles. The highest BCUT2D eigenvalue weighted by Crippen LogP contribution is 2.48.